The molecule has 2 fully saturated rings. The van der Waals surface area contributed by atoms with E-state index in [1.807, 2.05) is 18.2 Å². The second-order valence-electron chi connectivity index (χ2n) is 8.91. The molecule has 33 heavy (non-hydrogen) atoms. The molecule has 3 aromatic rings. The zero-order chi connectivity index (χ0) is 22.8. The summed E-state index contributed by atoms with van der Waals surface area (Å²) in [6.07, 6.45) is 5.71. The van der Waals surface area contributed by atoms with Crippen molar-refractivity contribution in [2.24, 2.45) is 5.92 Å². The highest BCUT2D eigenvalue weighted by Crippen LogP contribution is 2.41. The minimum atomic E-state index is 0.212. The van der Waals surface area contributed by atoms with Crippen molar-refractivity contribution < 1.29 is 0 Å². The van der Waals surface area contributed by atoms with E-state index in [1.54, 1.807) is 11.8 Å². The minimum Gasteiger partial charge on any atom is -0.368 e. The molecule has 1 saturated carbocycles. The molecule has 3 N–H and O–H groups in total. The summed E-state index contributed by atoms with van der Waals surface area (Å²) >= 11 is 1.61. The number of nitrogen functional groups attached to an aromatic ring is 1. The van der Waals surface area contributed by atoms with Crippen LogP contribution in [0.2, 0.25) is 0 Å². The lowest BCUT2D eigenvalue weighted by Crippen LogP contribution is -2.34. The molecule has 10 heteroatoms. The fourth-order valence-electron chi connectivity index (χ4n) is 4.20. The van der Waals surface area contributed by atoms with Crippen LogP contribution >= 0.6 is 11.8 Å². The number of rotatable bonds is 8. The van der Waals surface area contributed by atoms with Crippen molar-refractivity contribution in [1.29, 1.82) is 0 Å². The predicted molar refractivity (Wildman–Crippen MR) is 132 cm³/mol. The van der Waals surface area contributed by atoms with E-state index in [0.29, 0.717) is 23.6 Å². The van der Waals surface area contributed by atoms with Gasteiger partial charge in [-0.3, -0.25) is 4.57 Å². The first kappa shape index (κ1) is 21.9. The van der Waals surface area contributed by atoms with E-state index in [4.69, 9.17) is 5.73 Å². The van der Waals surface area contributed by atoms with Gasteiger partial charge < -0.3 is 16.0 Å². The van der Waals surface area contributed by atoms with Gasteiger partial charge in [0.1, 0.15) is 5.82 Å². The molecule has 9 nitrogen and oxygen atoms in total. The van der Waals surface area contributed by atoms with Crippen LogP contribution in [-0.2, 0) is 12.2 Å². The Bertz CT molecular complexity index is 1100. The molecule has 174 valence electrons. The molecule has 1 aromatic carbocycles. The molecule has 1 aliphatic carbocycles. The minimum absolute atomic E-state index is 0.212. The number of aromatic nitrogens is 6. The second kappa shape index (κ2) is 9.54. The number of nitrogens with zero attached hydrogens (tertiary/aromatic N) is 7. The van der Waals surface area contributed by atoms with E-state index >= 15 is 0 Å². The molecule has 1 saturated heterocycles. The molecule has 1 aliphatic heterocycles. The fraction of sp³-hybridized carbons (Fsp3) is 0.522. The van der Waals surface area contributed by atoms with Gasteiger partial charge in [-0.25, -0.2) is 0 Å². The number of thioether (sulfide) groups is 1. The summed E-state index contributed by atoms with van der Waals surface area (Å²) in [7, 11) is 0. The lowest BCUT2D eigenvalue weighted by molar-refractivity contribution is 0.429. The van der Waals surface area contributed by atoms with Crippen LogP contribution < -0.4 is 16.0 Å². The third-order valence-electron chi connectivity index (χ3n) is 6.30. The molecule has 2 aromatic heterocycles. The number of nitrogens with one attached hydrogen (secondary N) is 1. The van der Waals surface area contributed by atoms with E-state index in [-0.39, 0.29) is 5.95 Å². The summed E-state index contributed by atoms with van der Waals surface area (Å²) in [5.74, 6) is 3.66. The van der Waals surface area contributed by atoms with Crippen LogP contribution in [0.15, 0.2) is 29.4 Å². The van der Waals surface area contributed by atoms with Gasteiger partial charge in [-0.2, -0.15) is 15.0 Å². The predicted octanol–water partition coefficient (Wildman–Crippen LogP) is 4.21. The molecule has 0 radical (unpaired) electrons. The van der Waals surface area contributed by atoms with Crippen molar-refractivity contribution in [1.82, 2.24) is 29.7 Å². The van der Waals surface area contributed by atoms with Crippen molar-refractivity contribution in [2.75, 3.05) is 29.0 Å². The molecule has 3 heterocycles. The monoisotopic (exact) mass is 465 g/mol. The third kappa shape index (κ3) is 5.05. The van der Waals surface area contributed by atoms with E-state index in [1.165, 1.54) is 31.2 Å². The third-order valence-corrected chi connectivity index (χ3v) is 7.24. The first-order chi connectivity index (χ1) is 16.1. The molecule has 5 rings (SSSR count). The average Bonchev–Trinajstić information content (AvgIpc) is 3.57. The molecule has 0 bridgehead atoms. The van der Waals surface area contributed by atoms with Crippen molar-refractivity contribution in [3.63, 3.8) is 0 Å². The zero-order valence-electron chi connectivity index (χ0n) is 19.2. The highest BCUT2D eigenvalue weighted by molar-refractivity contribution is 7.98. The molecule has 0 atom stereocenters. The van der Waals surface area contributed by atoms with Crippen molar-refractivity contribution in [2.45, 2.75) is 62.9 Å². The maximum absolute atomic E-state index is 6.00. The normalized spacial score (nSPS) is 16.8. The Morgan fingerprint density at radius 1 is 1.06 bits per heavy atom. The second-order valence-corrected chi connectivity index (χ2v) is 9.85. The largest absolute Gasteiger partial charge is 0.368 e. The Hall–Kier alpha value is -2.88. The molecular formula is C23H31N9S. The fourth-order valence-corrected chi connectivity index (χ4v) is 5.06. The summed E-state index contributed by atoms with van der Waals surface area (Å²) in [6, 6.07) is 8.64. The van der Waals surface area contributed by atoms with Gasteiger partial charge in [0.05, 0.1) is 5.75 Å². The van der Waals surface area contributed by atoms with Gasteiger partial charge in [0.15, 0.2) is 5.16 Å². The van der Waals surface area contributed by atoms with E-state index < -0.39 is 0 Å². The number of hydrogen-bond acceptors (Lipinski definition) is 9. The van der Waals surface area contributed by atoms with E-state index in [9.17, 15) is 0 Å². The van der Waals surface area contributed by atoms with E-state index in [2.05, 4.69) is 59.8 Å². The number of anilines is 4. The number of piperidine rings is 1. The van der Waals surface area contributed by atoms with Gasteiger partial charge in [0.2, 0.25) is 17.8 Å². The smallest absolute Gasteiger partial charge is 0.232 e. The maximum atomic E-state index is 6.00. The number of hydrogen-bond donors (Lipinski definition) is 2. The Morgan fingerprint density at radius 2 is 1.85 bits per heavy atom. The van der Waals surface area contributed by atoms with E-state index in [0.717, 1.165) is 42.2 Å². The SMILES string of the molecule is CCc1ccccc1Nc1nc(N)nc(CSc2nnc(N3CCC(C)CC3)n2C2CC2)n1. The van der Waals surface area contributed by atoms with Crippen LogP contribution in [0.25, 0.3) is 0 Å². The summed E-state index contributed by atoms with van der Waals surface area (Å²) in [6.45, 7) is 6.55. The Balaban J connectivity index is 1.32. The van der Waals surface area contributed by atoms with Gasteiger partial charge in [-0.1, -0.05) is 43.8 Å². The quantitative estimate of drug-likeness (QED) is 0.472. The van der Waals surface area contributed by atoms with Crippen LogP contribution in [-0.4, -0.2) is 42.8 Å². The van der Waals surface area contributed by atoms with Crippen LogP contribution in [0.3, 0.4) is 0 Å². The highest BCUT2D eigenvalue weighted by Gasteiger charge is 2.32. The van der Waals surface area contributed by atoms with Crippen LogP contribution in [0.5, 0.6) is 0 Å². The van der Waals surface area contributed by atoms with Crippen LogP contribution in [0.1, 0.15) is 57.0 Å². The summed E-state index contributed by atoms with van der Waals surface area (Å²) in [4.78, 5) is 15.6. The molecule has 0 amide bonds. The average molecular weight is 466 g/mol. The van der Waals surface area contributed by atoms with Crippen molar-refractivity contribution in [3.05, 3.63) is 35.7 Å². The van der Waals surface area contributed by atoms with Gasteiger partial charge in [-0.05, 0) is 49.7 Å². The molecule has 0 unspecified atom stereocenters. The number of benzene rings is 1. The van der Waals surface area contributed by atoms with Gasteiger partial charge >= 0.3 is 0 Å². The number of para-hydroxylation sites is 1. The van der Waals surface area contributed by atoms with Gasteiger partial charge in [-0.15, -0.1) is 10.2 Å². The summed E-state index contributed by atoms with van der Waals surface area (Å²) < 4.78 is 2.32. The number of aryl methyl sites for hydroxylation is 1. The Labute approximate surface area is 198 Å². The topological polar surface area (TPSA) is 111 Å². The van der Waals surface area contributed by atoms with Gasteiger partial charge in [0.25, 0.3) is 0 Å². The van der Waals surface area contributed by atoms with Crippen LogP contribution in [0, 0.1) is 5.92 Å². The van der Waals surface area contributed by atoms with Gasteiger partial charge in [0, 0.05) is 24.8 Å². The first-order valence-corrected chi connectivity index (χ1v) is 12.8. The first-order valence-electron chi connectivity index (χ1n) is 11.8. The zero-order valence-corrected chi connectivity index (χ0v) is 20.1. The maximum Gasteiger partial charge on any atom is 0.232 e. The summed E-state index contributed by atoms with van der Waals surface area (Å²) in [5.41, 5.74) is 8.19. The Kier molecular flexibility index (Phi) is 6.34. The highest BCUT2D eigenvalue weighted by atomic mass is 32.2. The lowest BCUT2D eigenvalue weighted by Gasteiger charge is -2.31. The molecular weight excluding hydrogens is 434 g/mol. The standard InChI is InChI=1S/C23H31N9S/c1-3-16-6-4-5-7-18(16)25-21-27-19(26-20(24)28-21)14-33-23-30-29-22(32(23)17-8-9-17)31-12-10-15(2)11-13-31/h4-7,15,17H,3,8-14H2,1-2H3,(H3,24,25,26,27,28). The molecule has 0 spiro atoms. The molecule has 2 aliphatic rings. The Morgan fingerprint density at radius 3 is 2.61 bits per heavy atom. The summed E-state index contributed by atoms with van der Waals surface area (Å²) in [5, 5.41) is 13.3. The lowest BCUT2D eigenvalue weighted by atomic mass is 10.00. The number of nitrogens with two attached hydrogens (primary N) is 1. The van der Waals surface area contributed by atoms with Crippen molar-refractivity contribution >= 4 is 35.3 Å². The van der Waals surface area contributed by atoms with Crippen molar-refractivity contribution in [3.8, 4) is 0 Å². The van der Waals surface area contributed by atoms with Crippen LogP contribution in [0.4, 0.5) is 23.5 Å².